The summed E-state index contributed by atoms with van der Waals surface area (Å²) in [5.74, 6) is 1.96. The van der Waals surface area contributed by atoms with Crippen LogP contribution in [0.1, 0.15) is 6.92 Å². The molecule has 1 rings (SSSR count). The Morgan fingerprint density at radius 1 is 1.11 bits per heavy atom. The topological polar surface area (TPSA) is 64.5 Å². The van der Waals surface area contributed by atoms with E-state index in [4.69, 9.17) is 14.2 Å². The molecule has 0 aliphatic rings. The van der Waals surface area contributed by atoms with E-state index in [9.17, 15) is 5.11 Å². The summed E-state index contributed by atoms with van der Waals surface area (Å²) in [5.41, 5.74) is 0. The van der Waals surface area contributed by atoms with Crippen LogP contribution in [0.2, 0.25) is 0 Å². The summed E-state index contributed by atoms with van der Waals surface area (Å²) >= 11 is 0. The maximum Gasteiger partial charge on any atom is 0.137 e. The first-order valence-corrected chi connectivity index (χ1v) is 6.05. The molecule has 1 aromatic rings. The molecule has 0 saturated carbocycles. The van der Waals surface area contributed by atoms with Gasteiger partial charge in [-0.2, -0.15) is 0 Å². The quantitative estimate of drug-likeness (QED) is 0.537. The van der Waals surface area contributed by atoms with Gasteiger partial charge in [-0.15, -0.1) is 0 Å². The van der Waals surface area contributed by atoms with Crippen molar-refractivity contribution >= 4 is 0 Å². The Labute approximate surface area is 120 Å². The molecule has 0 fully saturated rings. The minimum atomic E-state index is -0.484. The first-order chi connectivity index (χ1) is 8.69. The SMILES string of the molecule is CC[NH2+]CC(O)COc1cc(OC)cc(OC)c1.[Cl-]. The van der Waals surface area contributed by atoms with Gasteiger partial charge in [-0.3, -0.25) is 0 Å². The second-order valence-electron chi connectivity index (χ2n) is 3.95. The fourth-order valence-corrected chi connectivity index (χ4v) is 1.48. The number of likely N-dealkylation sites (N-methyl/N-ethyl adjacent to an activating group) is 1. The fraction of sp³-hybridized carbons (Fsp3) is 0.538. The van der Waals surface area contributed by atoms with Crippen molar-refractivity contribution in [1.29, 1.82) is 0 Å². The lowest BCUT2D eigenvalue weighted by Crippen LogP contribution is -3.00. The van der Waals surface area contributed by atoms with Gasteiger partial charge >= 0.3 is 0 Å². The molecule has 1 aromatic carbocycles. The molecule has 1 unspecified atom stereocenters. The van der Waals surface area contributed by atoms with E-state index in [0.717, 1.165) is 6.54 Å². The highest BCUT2D eigenvalue weighted by molar-refractivity contribution is 5.41. The number of rotatable bonds is 8. The Kier molecular flexibility index (Phi) is 9.12. The molecule has 3 N–H and O–H groups in total. The van der Waals surface area contributed by atoms with Gasteiger partial charge in [0.2, 0.25) is 0 Å². The fourth-order valence-electron chi connectivity index (χ4n) is 1.48. The van der Waals surface area contributed by atoms with Crippen LogP contribution >= 0.6 is 0 Å². The van der Waals surface area contributed by atoms with Gasteiger partial charge in [0, 0.05) is 18.2 Å². The Bertz CT molecular complexity index is 340. The van der Waals surface area contributed by atoms with Crippen molar-refractivity contribution in [3.8, 4) is 17.2 Å². The van der Waals surface area contributed by atoms with E-state index in [1.54, 1.807) is 32.4 Å². The third-order valence-electron chi connectivity index (χ3n) is 2.49. The highest BCUT2D eigenvalue weighted by atomic mass is 35.5. The maximum absolute atomic E-state index is 9.68. The van der Waals surface area contributed by atoms with Crippen LogP contribution in [0.5, 0.6) is 17.2 Å². The van der Waals surface area contributed by atoms with E-state index >= 15 is 0 Å². The van der Waals surface area contributed by atoms with Gasteiger partial charge in [-0.05, 0) is 6.92 Å². The van der Waals surface area contributed by atoms with Gasteiger partial charge in [-0.25, -0.2) is 0 Å². The molecule has 0 radical (unpaired) electrons. The van der Waals surface area contributed by atoms with Crippen molar-refractivity contribution in [2.24, 2.45) is 0 Å². The minimum absolute atomic E-state index is 0. The number of aliphatic hydroxyl groups is 1. The van der Waals surface area contributed by atoms with Crippen LogP contribution in [0.15, 0.2) is 18.2 Å². The lowest BCUT2D eigenvalue weighted by atomic mass is 10.3. The van der Waals surface area contributed by atoms with Crippen LogP contribution in [0.25, 0.3) is 0 Å². The van der Waals surface area contributed by atoms with E-state index in [1.807, 2.05) is 12.2 Å². The molecule has 0 aliphatic heterocycles. The zero-order valence-corrected chi connectivity index (χ0v) is 12.3. The minimum Gasteiger partial charge on any atom is -1.00 e. The number of benzene rings is 1. The number of hydrogen-bond acceptors (Lipinski definition) is 4. The number of methoxy groups -OCH3 is 2. The highest BCUT2D eigenvalue weighted by Gasteiger charge is 2.08. The normalized spacial score (nSPS) is 11.4. The Hall–Kier alpha value is -1.17. The summed E-state index contributed by atoms with van der Waals surface area (Å²) < 4.78 is 15.8. The molecule has 110 valence electrons. The van der Waals surface area contributed by atoms with Crippen molar-refractivity contribution in [1.82, 2.24) is 0 Å². The maximum atomic E-state index is 9.68. The molecule has 5 nitrogen and oxygen atoms in total. The van der Waals surface area contributed by atoms with Gasteiger partial charge in [0.25, 0.3) is 0 Å². The zero-order chi connectivity index (χ0) is 13.4. The summed E-state index contributed by atoms with van der Waals surface area (Å²) in [6.07, 6.45) is -0.484. The number of ether oxygens (including phenoxy) is 3. The summed E-state index contributed by atoms with van der Waals surface area (Å²) in [5, 5.41) is 11.7. The Morgan fingerprint density at radius 3 is 2.11 bits per heavy atom. The van der Waals surface area contributed by atoms with E-state index in [2.05, 4.69) is 0 Å². The number of aliphatic hydroxyl groups excluding tert-OH is 1. The van der Waals surface area contributed by atoms with E-state index < -0.39 is 6.10 Å². The predicted molar refractivity (Wildman–Crippen MR) is 68.4 cm³/mol. The number of nitrogens with two attached hydrogens (primary N) is 1. The second kappa shape index (κ2) is 9.72. The molecule has 6 heteroatoms. The van der Waals surface area contributed by atoms with Crippen molar-refractivity contribution in [3.05, 3.63) is 18.2 Å². The van der Waals surface area contributed by atoms with Crippen molar-refractivity contribution < 1.29 is 37.0 Å². The summed E-state index contributed by atoms with van der Waals surface area (Å²) in [6, 6.07) is 5.30. The molecule has 19 heavy (non-hydrogen) atoms. The van der Waals surface area contributed by atoms with Gasteiger partial charge in [0.1, 0.15) is 36.5 Å². The number of halogens is 1. The van der Waals surface area contributed by atoms with E-state index in [0.29, 0.717) is 23.8 Å². The molecule has 0 saturated heterocycles. The van der Waals surface area contributed by atoms with Crippen molar-refractivity contribution in [3.63, 3.8) is 0 Å². The van der Waals surface area contributed by atoms with Gasteiger partial charge in [-0.1, -0.05) is 0 Å². The van der Waals surface area contributed by atoms with Crippen LogP contribution in [-0.4, -0.2) is 45.1 Å². The average Bonchev–Trinajstić information content (AvgIpc) is 2.42. The molecule has 0 heterocycles. The third-order valence-corrected chi connectivity index (χ3v) is 2.49. The van der Waals surface area contributed by atoms with Crippen LogP contribution in [0, 0.1) is 0 Å². The number of quaternary nitrogens is 1. The predicted octanol–water partition coefficient (Wildman–Crippen LogP) is -2.97. The van der Waals surface area contributed by atoms with Gasteiger partial charge in [0.15, 0.2) is 0 Å². The Morgan fingerprint density at radius 2 is 1.63 bits per heavy atom. The molecular weight excluding hydrogens is 270 g/mol. The Balaban J connectivity index is 0.00000324. The molecule has 0 aromatic heterocycles. The summed E-state index contributed by atoms with van der Waals surface area (Å²) in [7, 11) is 3.17. The van der Waals surface area contributed by atoms with Gasteiger partial charge < -0.3 is 37.0 Å². The lowest BCUT2D eigenvalue weighted by molar-refractivity contribution is -0.658. The van der Waals surface area contributed by atoms with Gasteiger partial charge in [0.05, 0.1) is 20.8 Å². The molecular formula is C13H22ClNO4. The van der Waals surface area contributed by atoms with Crippen LogP contribution in [0.3, 0.4) is 0 Å². The van der Waals surface area contributed by atoms with Crippen LogP contribution < -0.4 is 31.9 Å². The average molecular weight is 292 g/mol. The summed E-state index contributed by atoms with van der Waals surface area (Å²) in [4.78, 5) is 0. The van der Waals surface area contributed by atoms with Crippen LogP contribution in [0.4, 0.5) is 0 Å². The smallest absolute Gasteiger partial charge is 0.137 e. The third kappa shape index (κ3) is 6.52. The molecule has 0 spiro atoms. The molecule has 0 amide bonds. The van der Waals surface area contributed by atoms with E-state index in [-0.39, 0.29) is 19.0 Å². The van der Waals surface area contributed by atoms with Crippen molar-refractivity contribution in [2.45, 2.75) is 13.0 Å². The zero-order valence-electron chi connectivity index (χ0n) is 11.6. The van der Waals surface area contributed by atoms with Crippen molar-refractivity contribution in [2.75, 3.05) is 33.9 Å². The largest absolute Gasteiger partial charge is 1.00 e. The highest BCUT2D eigenvalue weighted by Crippen LogP contribution is 2.27. The van der Waals surface area contributed by atoms with E-state index in [1.165, 1.54) is 0 Å². The molecule has 1 atom stereocenters. The summed E-state index contributed by atoms with van der Waals surface area (Å²) in [6.45, 7) is 3.88. The molecule has 0 bridgehead atoms. The first-order valence-electron chi connectivity index (χ1n) is 6.05. The molecule has 0 aliphatic carbocycles. The lowest BCUT2D eigenvalue weighted by Gasteiger charge is -2.13. The standard InChI is InChI=1S/C13H21NO4.ClH/c1-4-14-8-10(15)9-18-13-6-11(16-2)5-12(7-13)17-3;/h5-7,10,14-15H,4,8-9H2,1-3H3;1H. The monoisotopic (exact) mass is 291 g/mol. The van der Waals surface area contributed by atoms with Crippen LogP contribution in [-0.2, 0) is 0 Å². The second-order valence-corrected chi connectivity index (χ2v) is 3.95. The first kappa shape index (κ1) is 17.8. The number of hydrogen-bond donors (Lipinski definition) is 2.